The van der Waals surface area contributed by atoms with Gasteiger partial charge in [-0.05, 0) is 42.9 Å². The van der Waals surface area contributed by atoms with E-state index in [1.165, 1.54) is 12.8 Å². The largest absolute Gasteiger partial charge is 0.198 e. The fourth-order valence-corrected chi connectivity index (χ4v) is 3.11. The van der Waals surface area contributed by atoms with Gasteiger partial charge in [-0.3, -0.25) is 0 Å². The monoisotopic (exact) mass is 193 g/mol. The maximum Gasteiger partial charge on any atom is 0.0655 e. The topological polar surface area (TPSA) is 23.8 Å². The van der Waals surface area contributed by atoms with Gasteiger partial charge in [-0.25, -0.2) is 0 Å². The summed E-state index contributed by atoms with van der Waals surface area (Å²) in [7, 11) is 0. The van der Waals surface area contributed by atoms with Gasteiger partial charge in [0.25, 0.3) is 0 Å². The highest BCUT2D eigenvalue weighted by atomic mass is 14.5. The molecule has 1 fully saturated rings. The maximum absolute atomic E-state index is 8.89. The maximum atomic E-state index is 8.89. The Morgan fingerprint density at radius 1 is 1.07 bits per heavy atom. The molecule has 0 aromatic carbocycles. The molecular weight excluding hydrogens is 170 g/mol. The lowest BCUT2D eigenvalue weighted by Crippen LogP contribution is -2.37. The zero-order chi connectivity index (χ0) is 10.8. The molecule has 80 valence electrons. The Morgan fingerprint density at radius 2 is 1.50 bits per heavy atom. The van der Waals surface area contributed by atoms with Crippen LogP contribution in [0.15, 0.2) is 0 Å². The minimum absolute atomic E-state index is 0.334. The van der Waals surface area contributed by atoms with Gasteiger partial charge in [0.15, 0.2) is 0 Å². The molecule has 0 aromatic rings. The van der Waals surface area contributed by atoms with Gasteiger partial charge in [0.05, 0.1) is 6.07 Å². The second kappa shape index (κ2) is 4.34. The van der Waals surface area contributed by atoms with E-state index in [1.807, 2.05) is 0 Å². The van der Waals surface area contributed by atoms with Crippen LogP contribution in [-0.4, -0.2) is 0 Å². The van der Waals surface area contributed by atoms with Gasteiger partial charge in [0.1, 0.15) is 0 Å². The molecule has 0 saturated heterocycles. The van der Waals surface area contributed by atoms with Gasteiger partial charge >= 0.3 is 0 Å². The van der Waals surface area contributed by atoms with Crippen LogP contribution >= 0.6 is 0 Å². The predicted molar refractivity (Wildman–Crippen MR) is 59.7 cm³/mol. The van der Waals surface area contributed by atoms with Crippen molar-refractivity contribution >= 4 is 0 Å². The van der Waals surface area contributed by atoms with Crippen molar-refractivity contribution in [3.63, 3.8) is 0 Å². The third-order valence-electron chi connectivity index (χ3n) is 4.40. The number of nitriles is 1. The van der Waals surface area contributed by atoms with Crippen molar-refractivity contribution in [2.45, 2.75) is 53.4 Å². The van der Waals surface area contributed by atoms with E-state index in [1.54, 1.807) is 0 Å². The lowest BCUT2D eigenvalue weighted by atomic mass is 9.59. The van der Waals surface area contributed by atoms with E-state index in [9.17, 15) is 0 Å². The molecule has 14 heavy (non-hydrogen) atoms. The van der Waals surface area contributed by atoms with Crippen LogP contribution < -0.4 is 0 Å². The van der Waals surface area contributed by atoms with Gasteiger partial charge in [-0.2, -0.15) is 5.26 Å². The molecule has 0 N–H and O–H groups in total. The van der Waals surface area contributed by atoms with Crippen molar-refractivity contribution in [3.8, 4) is 6.07 Å². The normalized spacial score (nSPS) is 22.6. The van der Waals surface area contributed by atoms with Gasteiger partial charge in [-0.1, -0.05) is 27.7 Å². The molecule has 0 heterocycles. The number of rotatable bonds is 2. The molecule has 1 heteroatoms. The second-order valence-corrected chi connectivity index (χ2v) is 5.45. The van der Waals surface area contributed by atoms with Gasteiger partial charge in [0.2, 0.25) is 0 Å². The van der Waals surface area contributed by atoms with Crippen LogP contribution in [0.25, 0.3) is 0 Å². The molecule has 0 spiro atoms. The van der Waals surface area contributed by atoms with E-state index in [0.717, 1.165) is 24.7 Å². The Labute approximate surface area is 88.5 Å². The van der Waals surface area contributed by atoms with E-state index < -0.39 is 0 Å². The average Bonchev–Trinajstić information content (AvgIpc) is 2.17. The first-order valence-electron chi connectivity index (χ1n) is 5.92. The zero-order valence-electron chi connectivity index (χ0n) is 10.0. The molecular formula is C13H23N. The lowest BCUT2D eigenvalue weighted by Gasteiger charge is -2.45. The van der Waals surface area contributed by atoms with Crippen LogP contribution in [0.3, 0.4) is 0 Å². The van der Waals surface area contributed by atoms with Gasteiger partial charge < -0.3 is 0 Å². The first-order chi connectivity index (χ1) is 6.53. The minimum Gasteiger partial charge on any atom is -0.198 e. The van der Waals surface area contributed by atoms with Crippen LogP contribution in [-0.2, 0) is 0 Å². The summed E-state index contributed by atoms with van der Waals surface area (Å²) in [6.07, 6.45) is 4.74. The van der Waals surface area contributed by atoms with Gasteiger partial charge in [0, 0.05) is 5.92 Å². The van der Waals surface area contributed by atoms with Crippen molar-refractivity contribution in [3.05, 3.63) is 0 Å². The smallest absolute Gasteiger partial charge is 0.0655 e. The Morgan fingerprint density at radius 3 is 1.79 bits per heavy atom. The zero-order valence-corrected chi connectivity index (χ0v) is 10.0. The highest BCUT2D eigenvalue weighted by molar-refractivity contribution is 4.95. The highest BCUT2D eigenvalue weighted by Crippen LogP contribution is 2.49. The number of hydrogen-bond acceptors (Lipinski definition) is 1. The molecule has 0 aliphatic heterocycles. The molecule has 1 saturated carbocycles. The summed E-state index contributed by atoms with van der Waals surface area (Å²) in [5.74, 6) is 1.84. The molecule has 0 atom stereocenters. The molecule has 1 aliphatic rings. The fourth-order valence-electron chi connectivity index (χ4n) is 3.11. The van der Waals surface area contributed by atoms with E-state index in [2.05, 4.69) is 33.8 Å². The molecule has 1 nitrogen and oxygen atoms in total. The molecule has 0 unspecified atom stereocenters. The Kier molecular flexibility index (Phi) is 3.59. The van der Waals surface area contributed by atoms with Crippen molar-refractivity contribution in [1.82, 2.24) is 0 Å². The number of nitrogens with zero attached hydrogens (tertiary/aromatic N) is 1. The van der Waals surface area contributed by atoms with E-state index in [4.69, 9.17) is 5.26 Å². The summed E-state index contributed by atoms with van der Waals surface area (Å²) in [5, 5.41) is 8.89. The highest BCUT2D eigenvalue weighted by Gasteiger charge is 2.40. The van der Waals surface area contributed by atoms with Crippen molar-refractivity contribution in [1.29, 1.82) is 5.26 Å². The third-order valence-corrected chi connectivity index (χ3v) is 4.40. The standard InChI is InChI=1S/C13H23N/c1-10(2)13(11(3)4)7-5-12(9-14)6-8-13/h10-12H,5-8H2,1-4H3. The molecule has 0 amide bonds. The first-order valence-corrected chi connectivity index (χ1v) is 5.92. The molecule has 1 rings (SSSR count). The average molecular weight is 193 g/mol. The van der Waals surface area contributed by atoms with E-state index >= 15 is 0 Å². The van der Waals surface area contributed by atoms with E-state index in [0.29, 0.717) is 11.3 Å². The van der Waals surface area contributed by atoms with Crippen LogP contribution in [0.4, 0.5) is 0 Å². The summed E-state index contributed by atoms with van der Waals surface area (Å²) in [6, 6.07) is 2.42. The van der Waals surface area contributed by atoms with Crippen LogP contribution in [0.5, 0.6) is 0 Å². The number of hydrogen-bond donors (Lipinski definition) is 0. The molecule has 0 aromatic heterocycles. The summed E-state index contributed by atoms with van der Waals surface area (Å²) in [6.45, 7) is 9.36. The first kappa shape index (κ1) is 11.6. The molecule has 1 aliphatic carbocycles. The Balaban J connectivity index is 2.71. The van der Waals surface area contributed by atoms with Crippen LogP contribution in [0.2, 0.25) is 0 Å². The fraction of sp³-hybridized carbons (Fsp3) is 0.923. The Bertz CT molecular complexity index is 204. The summed E-state index contributed by atoms with van der Waals surface area (Å²) >= 11 is 0. The van der Waals surface area contributed by atoms with Gasteiger partial charge in [-0.15, -0.1) is 0 Å². The van der Waals surface area contributed by atoms with Crippen molar-refractivity contribution < 1.29 is 0 Å². The summed E-state index contributed by atoms with van der Waals surface area (Å²) in [4.78, 5) is 0. The van der Waals surface area contributed by atoms with Crippen LogP contribution in [0, 0.1) is 34.5 Å². The quantitative estimate of drug-likeness (QED) is 0.650. The summed E-state index contributed by atoms with van der Waals surface area (Å²) in [5.41, 5.74) is 0.507. The second-order valence-electron chi connectivity index (χ2n) is 5.45. The van der Waals surface area contributed by atoms with Crippen molar-refractivity contribution in [2.75, 3.05) is 0 Å². The SMILES string of the molecule is CC(C)C1(C(C)C)CCC(C#N)CC1. The Hall–Kier alpha value is -0.510. The molecule has 0 radical (unpaired) electrons. The minimum atomic E-state index is 0.334. The third kappa shape index (κ3) is 1.95. The summed E-state index contributed by atoms with van der Waals surface area (Å²) < 4.78 is 0. The molecule has 0 bridgehead atoms. The predicted octanol–water partition coefficient (Wildman–Crippen LogP) is 4.00. The van der Waals surface area contributed by atoms with Crippen molar-refractivity contribution in [2.24, 2.45) is 23.2 Å². The van der Waals surface area contributed by atoms with Crippen LogP contribution in [0.1, 0.15) is 53.4 Å². The van der Waals surface area contributed by atoms with E-state index in [-0.39, 0.29) is 0 Å². The lowest BCUT2D eigenvalue weighted by molar-refractivity contribution is 0.0478.